The predicted molar refractivity (Wildman–Crippen MR) is 122 cm³/mol. The lowest BCUT2D eigenvalue weighted by molar-refractivity contribution is -0.129. The standard InChI is InChI=1S/C22H18BrN3O3S/c23-16-5-3-4-14(10-16)11-19-21(28)26(22(29)30-19)13-20(27)24-9-8-15-12-25-18-7-2-1-6-17(15)18/h1-7,10-12,25H,8-9,13H2,(H,24,27)/b19-11-. The van der Waals surface area contributed by atoms with E-state index in [0.29, 0.717) is 17.9 Å². The van der Waals surface area contributed by atoms with Gasteiger partial charge in [-0.05, 0) is 53.6 Å². The van der Waals surface area contributed by atoms with Gasteiger partial charge in [-0.15, -0.1) is 0 Å². The molecule has 152 valence electrons. The lowest BCUT2D eigenvalue weighted by Gasteiger charge is -2.12. The van der Waals surface area contributed by atoms with Crippen LogP contribution in [0.25, 0.3) is 17.0 Å². The van der Waals surface area contributed by atoms with Crippen LogP contribution in [-0.4, -0.2) is 40.0 Å². The number of aromatic amines is 1. The number of hydrogen-bond donors (Lipinski definition) is 2. The van der Waals surface area contributed by atoms with E-state index >= 15 is 0 Å². The van der Waals surface area contributed by atoms with Gasteiger partial charge in [0.2, 0.25) is 5.91 Å². The molecule has 1 fully saturated rings. The first-order valence-corrected chi connectivity index (χ1v) is 10.9. The van der Waals surface area contributed by atoms with Gasteiger partial charge in [-0.25, -0.2) is 0 Å². The molecule has 2 heterocycles. The summed E-state index contributed by atoms with van der Waals surface area (Å²) < 4.78 is 0.880. The van der Waals surface area contributed by atoms with Gasteiger partial charge in [-0.2, -0.15) is 0 Å². The maximum atomic E-state index is 12.6. The topological polar surface area (TPSA) is 82.3 Å². The van der Waals surface area contributed by atoms with E-state index in [9.17, 15) is 14.4 Å². The van der Waals surface area contributed by atoms with Crippen molar-refractivity contribution in [1.29, 1.82) is 0 Å². The Morgan fingerprint density at radius 3 is 2.83 bits per heavy atom. The zero-order valence-electron chi connectivity index (χ0n) is 15.9. The molecule has 1 aliphatic heterocycles. The molecular weight excluding hydrogens is 466 g/mol. The summed E-state index contributed by atoms with van der Waals surface area (Å²) in [4.78, 5) is 41.6. The fourth-order valence-electron chi connectivity index (χ4n) is 3.26. The number of para-hydroxylation sites is 1. The van der Waals surface area contributed by atoms with Crippen molar-refractivity contribution in [2.75, 3.05) is 13.1 Å². The molecule has 1 aliphatic rings. The third-order valence-electron chi connectivity index (χ3n) is 4.71. The molecule has 0 aliphatic carbocycles. The summed E-state index contributed by atoms with van der Waals surface area (Å²) in [6, 6.07) is 15.4. The highest BCUT2D eigenvalue weighted by Crippen LogP contribution is 2.32. The molecule has 0 radical (unpaired) electrons. The van der Waals surface area contributed by atoms with E-state index in [1.165, 1.54) is 0 Å². The van der Waals surface area contributed by atoms with E-state index in [2.05, 4.69) is 26.2 Å². The Balaban J connectivity index is 1.34. The fourth-order valence-corrected chi connectivity index (χ4v) is 4.51. The van der Waals surface area contributed by atoms with E-state index in [1.807, 2.05) is 54.7 Å². The molecular formula is C22H18BrN3O3S. The zero-order chi connectivity index (χ0) is 21.1. The average molecular weight is 484 g/mol. The van der Waals surface area contributed by atoms with Crippen LogP contribution in [0.15, 0.2) is 64.1 Å². The van der Waals surface area contributed by atoms with Crippen molar-refractivity contribution in [3.63, 3.8) is 0 Å². The van der Waals surface area contributed by atoms with Crippen molar-refractivity contribution in [2.24, 2.45) is 0 Å². The van der Waals surface area contributed by atoms with Crippen LogP contribution in [0.3, 0.4) is 0 Å². The summed E-state index contributed by atoms with van der Waals surface area (Å²) in [6.45, 7) is 0.138. The molecule has 8 heteroatoms. The molecule has 0 saturated carbocycles. The lowest BCUT2D eigenvalue weighted by Crippen LogP contribution is -2.40. The fraction of sp³-hybridized carbons (Fsp3) is 0.136. The Kier molecular flexibility index (Phi) is 6.06. The second kappa shape index (κ2) is 8.89. The normalized spacial score (nSPS) is 15.4. The molecule has 2 aromatic carbocycles. The van der Waals surface area contributed by atoms with Crippen LogP contribution in [0.1, 0.15) is 11.1 Å². The van der Waals surface area contributed by atoms with Crippen molar-refractivity contribution >= 4 is 61.7 Å². The van der Waals surface area contributed by atoms with Gasteiger partial charge in [0.05, 0.1) is 4.91 Å². The third-order valence-corrected chi connectivity index (χ3v) is 6.11. The number of rotatable bonds is 6. The van der Waals surface area contributed by atoms with Gasteiger partial charge in [0, 0.05) is 28.1 Å². The minimum atomic E-state index is -0.447. The lowest BCUT2D eigenvalue weighted by atomic mass is 10.1. The first-order valence-electron chi connectivity index (χ1n) is 9.34. The second-order valence-electron chi connectivity index (χ2n) is 6.78. The van der Waals surface area contributed by atoms with Gasteiger partial charge < -0.3 is 10.3 Å². The minimum Gasteiger partial charge on any atom is -0.361 e. The van der Waals surface area contributed by atoms with Crippen molar-refractivity contribution in [1.82, 2.24) is 15.2 Å². The molecule has 1 aromatic heterocycles. The number of H-pyrrole nitrogens is 1. The number of nitrogens with zero attached hydrogens (tertiary/aromatic N) is 1. The van der Waals surface area contributed by atoms with Gasteiger partial charge in [0.25, 0.3) is 11.1 Å². The number of aromatic nitrogens is 1. The summed E-state index contributed by atoms with van der Waals surface area (Å²) in [5.74, 6) is -0.808. The van der Waals surface area contributed by atoms with Gasteiger partial charge >= 0.3 is 0 Å². The zero-order valence-corrected chi connectivity index (χ0v) is 18.3. The van der Waals surface area contributed by atoms with Crippen LogP contribution in [0.2, 0.25) is 0 Å². The molecule has 30 heavy (non-hydrogen) atoms. The van der Waals surface area contributed by atoms with Crippen molar-refractivity contribution in [3.05, 3.63) is 75.2 Å². The highest BCUT2D eigenvalue weighted by molar-refractivity contribution is 9.10. The SMILES string of the molecule is O=C(CN1C(=O)S/C(=C\c2cccc(Br)c2)C1=O)NCCc1c[nH]c2ccccc12. The van der Waals surface area contributed by atoms with Crippen LogP contribution in [0, 0.1) is 0 Å². The smallest absolute Gasteiger partial charge is 0.294 e. The molecule has 3 amide bonds. The summed E-state index contributed by atoms with van der Waals surface area (Å²) in [7, 11) is 0. The number of carbonyl (C=O) groups is 3. The van der Waals surface area contributed by atoms with E-state index in [1.54, 1.807) is 6.08 Å². The predicted octanol–water partition coefficient (Wildman–Crippen LogP) is 4.33. The first-order chi connectivity index (χ1) is 14.5. The second-order valence-corrected chi connectivity index (χ2v) is 8.69. The van der Waals surface area contributed by atoms with Crippen LogP contribution >= 0.6 is 27.7 Å². The van der Waals surface area contributed by atoms with Crippen LogP contribution in [-0.2, 0) is 16.0 Å². The molecule has 1 saturated heterocycles. The van der Waals surface area contributed by atoms with Gasteiger partial charge in [-0.3, -0.25) is 19.3 Å². The average Bonchev–Trinajstić information content (AvgIpc) is 3.24. The van der Waals surface area contributed by atoms with Gasteiger partial charge in [-0.1, -0.05) is 46.3 Å². The Morgan fingerprint density at radius 2 is 2.00 bits per heavy atom. The van der Waals surface area contributed by atoms with Crippen LogP contribution in [0.5, 0.6) is 0 Å². The Morgan fingerprint density at radius 1 is 1.17 bits per heavy atom. The molecule has 0 unspecified atom stereocenters. The summed E-state index contributed by atoms with van der Waals surface area (Å²) in [5, 5.41) is 3.48. The van der Waals surface area contributed by atoms with E-state index in [-0.39, 0.29) is 12.5 Å². The monoisotopic (exact) mass is 483 g/mol. The van der Waals surface area contributed by atoms with Crippen LogP contribution in [0.4, 0.5) is 4.79 Å². The third kappa shape index (κ3) is 4.49. The number of imide groups is 1. The molecule has 3 aromatic rings. The number of fused-ring (bicyclic) bond motifs is 1. The number of hydrogen-bond acceptors (Lipinski definition) is 4. The van der Waals surface area contributed by atoms with Crippen LogP contribution < -0.4 is 5.32 Å². The van der Waals surface area contributed by atoms with Crippen molar-refractivity contribution in [3.8, 4) is 0 Å². The largest absolute Gasteiger partial charge is 0.361 e. The number of nitrogens with one attached hydrogen (secondary N) is 2. The van der Waals surface area contributed by atoms with Crippen molar-refractivity contribution in [2.45, 2.75) is 6.42 Å². The van der Waals surface area contributed by atoms with Gasteiger partial charge in [0.1, 0.15) is 6.54 Å². The quantitative estimate of drug-likeness (QED) is 0.511. The van der Waals surface area contributed by atoms with Gasteiger partial charge in [0.15, 0.2) is 0 Å². The molecule has 0 bridgehead atoms. The summed E-state index contributed by atoms with van der Waals surface area (Å²) in [5.41, 5.74) is 2.96. The Hall–Kier alpha value is -2.84. The molecule has 0 atom stereocenters. The first kappa shape index (κ1) is 20.4. The number of halogens is 1. The number of benzene rings is 2. The number of thioether (sulfide) groups is 1. The molecule has 0 spiro atoms. The van der Waals surface area contributed by atoms with E-state index in [4.69, 9.17) is 0 Å². The van der Waals surface area contributed by atoms with E-state index < -0.39 is 11.1 Å². The highest BCUT2D eigenvalue weighted by atomic mass is 79.9. The summed E-state index contributed by atoms with van der Waals surface area (Å²) >= 11 is 4.23. The molecule has 4 rings (SSSR count). The maximum absolute atomic E-state index is 12.6. The Bertz CT molecular complexity index is 1170. The van der Waals surface area contributed by atoms with E-state index in [0.717, 1.165) is 43.2 Å². The minimum absolute atomic E-state index is 0.283. The molecule has 2 N–H and O–H groups in total. The number of carbonyl (C=O) groups excluding carboxylic acids is 3. The Labute approximate surface area is 185 Å². The highest BCUT2D eigenvalue weighted by Gasteiger charge is 2.36. The summed E-state index contributed by atoms with van der Waals surface area (Å²) in [6.07, 6.45) is 4.24. The molecule has 6 nitrogen and oxygen atoms in total. The van der Waals surface area contributed by atoms with Crippen molar-refractivity contribution < 1.29 is 14.4 Å². The maximum Gasteiger partial charge on any atom is 0.294 e. The number of amides is 3.